The Labute approximate surface area is 125 Å². The maximum atomic E-state index is 12.8. The van der Waals surface area contributed by atoms with Gasteiger partial charge in [-0.15, -0.1) is 0 Å². The topological polar surface area (TPSA) is 48.0 Å². The second kappa shape index (κ2) is 8.22. The van der Waals surface area contributed by atoms with Crippen LogP contribution < -0.4 is 0 Å². The van der Waals surface area contributed by atoms with Crippen LogP contribution in [0, 0.1) is 0 Å². The molecule has 0 aromatic carbocycles. The largest absolute Gasteiger partial charge is 0.346 e. The van der Waals surface area contributed by atoms with E-state index in [0.717, 1.165) is 0 Å². The standard InChI is InChI=1S/C13H31NO4P2/c1-11(2)14(12(3)4)19(16-8)10-20(15,17-9)18-13(5,6)7/h11-12H,10H2,1-9H3. The van der Waals surface area contributed by atoms with Crippen LogP contribution in [0.2, 0.25) is 0 Å². The summed E-state index contributed by atoms with van der Waals surface area (Å²) in [6, 6.07) is 0.613. The molecule has 0 aromatic heterocycles. The fourth-order valence-corrected chi connectivity index (χ4v) is 7.08. The van der Waals surface area contributed by atoms with E-state index in [0.29, 0.717) is 12.1 Å². The van der Waals surface area contributed by atoms with Gasteiger partial charge in [0.2, 0.25) is 0 Å². The van der Waals surface area contributed by atoms with Gasteiger partial charge in [-0.3, -0.25) is 9.24 Å². The first-order valence-electron chi connectivity index (χ1n) is 6.91. The molecule has 2 unspecified atom stereocenters. The summed E-state index contributed by atoms with van der Waals surface area (Å²) in [5.41, 5.74) is -0.513. The van der Waals surface area contributed by atoms with Gasteiger partial charge in [0, 0.05) is 26.3 Å². The maximum Gasteiger partial charge on any atom is 0.338 e. The number of hydrogen-bond donors (Lipinski definition) is 0. The first-order valence-corrected chi connectivity index (χ1v) is 10.0. The van der Waals surface area contributed by atoms with Crippen molar-refractivity contribution in [2.45, 2.75) is 66.2 Å². The molecule has 0 saturated heterocycles. The summed E-state index contributed by atoms with van der Waals surface area (Å²) in [7, 11) is -1.10. The molecule has 0 spiro atoms. The predicted molar refractivity (Wildman–Crippen MR) is 86.4 cm³/mol. The van der Waals surface area contributed by atoms with E-state index >= 15 is 0 Å². The summed E-state index contributed by atoms with van der Waals surface area (Å²) < 4.78 is 31.5. The normalized spacial score (nSPS) is 17.8. The summed E-state index contributed by atoms with van der Waals surface area (Å²) in [4.78, 5) is 0. The van der Waals surface area contributed by atoms with E-state index in [9.17, 15) is 4.57 Å². The summed E-state index contributed by atoms with van der Waals surface area (Å²) in [5, 5.41) is 0. The first-order chi connectivity index (χ1) is 8.95. The average Bonchev–Trinajstić information content (AvgIpc) is 2.24. The van der Waals surface area contributed by atoms with Crippen LogP contribution in [0.3, 0.4) is 0 Å². The zero-order valence-electron chi connectivity index (χ0n) is 14.3. The molecular weight excluding hydrogens is 296 g/mol. The number of nitrogens with zero attached hydrogens (tertiary/aromatic N) is 1. The van der Waals surface area contributed by atoms with Crippen LogP contribution >= 0.6 is 15.9 Å². The minimum atomic E-state index is -3.17. The summed E-state index contributed by atoms with van der Waals surface area (Å²) in [5.74, 6) is 0.281. The van der Waals surface area contributed by atoms with E-state index in [1.54, 1.807) is 7.11 Å². The molecule has 0 amide bonds. The first kappa shape index (κ1) is 20.5. The molecule has 0 heterocycles. The van der Waals surface area contributed by atoms with Gasteiger partial charge in [-0.1, -0.05) is 0 Å². The van der Waals surface area contributed by atoms with Gasteiger partial charge in [-0.05, 0) is 48.5 Å². The van der Waals surface area contributed by atoms with Crippen LogP contribution in [0.1, 0.15) is 48.5 Å². The van der Waals surface area contributed by atoms with Crippen LogP contribution in [0.15, 0.2) is 0 Å². The third kappa shape index (κ3) is 6.98. The number of hydrogen-bond acceptors (Lipinski definition) is 5. The van der Waals surface area contributed by atoms with Gasteiger partial charge in [0.15, 0.2) is 0 Å². The quantitative estimate of drug-likeness (QED) is 0.606. The van der Waals surface area contributed by atoms with Crippen LogP contribution in [-0.2, 0) is 18.1 Å². The van der Waals surface area contributed by atoms with Gasteiger partial charge in [0.25, 0.3) is 0 Å². The van der Waals surface area contributed by atoms with Crippen molar-refractivity contribution in [1.82, 2.24) is 4.67 Å². The Morgan fingerprint density at radius 2 is 1.55 bits per heavy atom. The summed E-state index contributed by atoms with van der Waals surface area (Å²) in [6.07, 6.45) is 0. The van der Waals surface area contributed by atoms with E-state index < -0.39 is 21.5 Å². The second-order valence-electron chi connectivity index (χ2n) is 6.24. The highest BCUT2D eigenvalue weighted by atomic mass is 31.2. The molecule has 122 valence electrons. The molecule has 7 heteroatoms. The highest BCUT2D eigenvalue weighted by Crippen LogP contribution is 2.62. The second-order valence-corrected chi connectivity index (χ2v) is 10.7. The highest BCUT2D eigenvalue weighted by Gasteiger charge is 2.37. The lowest BCUT2D eigenvalue weighted by atomic mass is 10.2. The number of rotatable bonds is 8. The average molecular weight is 327 g/mol. The van der Waals surface area contributed by atoms with E-state index in [2.05, 4.69) is 32.4 Å². The maximum absolute atomic E-state index is 12.8. The van der Waals surface area contributed by atoms with E-state index in [-0.39, 0.29) is 5.90 Å². The summed E-state index contributed by atoms with van der Waals surface area (Å²) >= 11 is 0. The van der Waals surface area contributed by atoms with Crippen LogP contribution in [0.4, 0.5) is 0 Å². The van der Waals surface area contributed by atoms with Gasteiger partial charge in [-0.25, -0.2) is 0 Å². The summed E-state index contributed by atoms with van der Waals surface area (Å²) in [6.45, 7) is 14.0. The molecule has 0 aromatic rings. The Morgan fingerprint density at radius 3 is 1.80 bits per heavy atom. The molecule has 2 atom stereocenters. The minimum absolute atomic E-state index is 0.281. The SMILES string of the molecule is COP(CP(=O)(OC)OC(C)(C)C)N(C(C)C)C(C)C. The Bertz CT molecular complexity index is 321. The van der Waals surface area contributed by atoms with E-state index in [1.807, 2.05) is 20.8 Å². The van der Waals surface area contributed by atoms with Crippen molar-refractivity contribution in [2.24, 2.45) is 0 Å². The fourth-order valence-electron chi connectivity index (χ4n) is 2.03. The molecular formula is C13H31NO4P2. The molecule has 0 bridgehead atoms. The van der Waals surface area contributed by atoms with Crippen LogP contribution in [-0.4, -0.2) is 42.5 Å². The fraction of sp³-hybridized carbons (Fsp3) is 1.00. The lowest BCUT2D eigenvalue weighted by molar-refractivity contribution is 0.104. The highest BCUT2D eigenvalue weighted by molar-refractivity contribution is 7.69. The van der Waals surface area contributed by atoms with Crippen LogP contribution in [0.5, 0.6) is 0 Å². The molecule has 0 aliphatic heterocycles. The Hall–Kier alpha value is 0.500. The molecule has 0 saturated carbocycles. The predicted octanol–water partition coefficient (Wildman–Crippen LogP) is 4.68. The lowest BCUT2D eigenvalue weighted by Gasteiger charge is -2.38. The zero-order valence-corrected chi connectivity index (χ0v) is 16.1. The molecule has 20 heavy (non-hydrogen) atoms. The van der Waals surface area contributed by atoms with Crippen molar-refractivity contribution in [1.29, 1.82) is 0 Å². The third-order valence-electron chi connectivity index (χ3n) is 2.51. The molecule has 0 N–H and O–H groups in total. The van der Waals surface area contributed by atoms with Crippen molar-refractivity contribution in [2.75, 3.05) is 20.1 Å². The van der Waals surface area contributed by atoms with Crippen molar-refractivity contribution in [3.63, 3.8) is 0 Å². The van der Waals surface area contributed by atoms with Gasteiger partial charge >= 0.3 is 7.60 Å². The Balaban J connectivity index is 5.12. The van der Waals surface area contributed by atoms with Gasteiger partial charge in [0.1, 0.15) is 14.2 Å². The molecule has 0 fully saturated rings. The van der Waals surface area contributed by atoms with Gasteiger partial charge < -0.3 is 13.6 Å². The zero-order chi connectivity index (χ0) is 16.1. The molecule has 0 aliphatic rings. The molecule has 0 rings (SSSR count). The Morgan fingerprint density at radius 1 is 1.10 bits per heavy atom. The van der Waals surface area contributed by atoms with Crippen molar-refractivity contribution in [3.05, 3.63) is 0 Å². The van der Waals surface area contributed by atoms with Gasteiger partial charge in [0.05, 0.1) is 5.60 Å². The van der Waals surface area contributed by atoms with Crippen molar-refractivity contribution < 1.29 is 18.1 Å². The monoisotopic (exact) mass is 327 g/mol. The van der Waals surface area contributed by atoms with E-state index in [1.165, 1.54) is 7.11 Å². The lowest BCUT2D eigenvalue weighted by Crippen LogP contribution is -2.33. The Kier molecular flexibility index (Phi) is 8.42. The van der Waals surface area contributed by atoms with Crippen LogP contribution in [0.25, 0.3) is 0 Å². The van der Waals surface area contributed by atoms with E-state index in [4.69, 9.17) is 13.6 Å². The van der Waals surface area contributed by atoms with Crippen molar-refractivity contribution >= 4 is 15.9 Å². The minimum Gasteiger partial charge on any atom is -0.346 e. The molecule has 0 radical (unpaired) electrons. The smallest absolute Gasteiger partial charge is 0.338 e. The van der Waals surface area contributed by atoms with Crippen molar-refractivity contribution in [3.8, 4) is 0 Å². The van der Waals surface area contributed by atoms with Gasteiger partial charge in [-0.2, -0.15) is 0 Å². The molecule has 0 aliphatic carbocycles. The third-order valence-corrected chi connectivity index (χ3v) is 8.11. The molecule has 5 nitrogen and oxygen atoms in total.